The molecular weight excluding hydrogens is 458 g/mol. The molecule has 0 spiro atoms. The SMILES string of the molecule is O=Cc1ccccc1-c1c(-c2ccc(N(c3ccccc3)c3ccccc3)cc2)sc2ccccc12. The molecule has 0 aliphatic rings. The van der Waals surface area contributed by atoms with Gasteiger partial charge in [0.25, 0.3) is 0 Å². The summed E-state index contributed by atoms with van der Waals surface area (Å²) in [7, 11) is 0. The van der Waals surface area contributed by atoms with Gasteiger partial charge >= 0.3 is 0 Å². The van der Waals surface area contributed by atoms with Crippen LogP contribution in [0.1, 0.15) is 10.4 Å². The van der Waals surface area contributed by atoms with E-state index in [-0.39, 0.29) is 0 Å². The first kappa shape index (κ1) is 22.0. The number of anilines is 3. The summed E-state index contributed by atoms with van der Waals surface area (Å²) in [5, 5.41) is 1.17. The third kappa shape index (κ3) is 4.00. The molecule has 0 radical (unpaired) electrons. The average molecular weight is 482 g/mol. The van der Waals surface area contributed by atoms with Crippen molar-refractivity contribution in [3.8, 4) is 21.6 Å². The fourth-order valence-electron chi connectivity index (χ4n) is 4.71. The minimum absolute atomic E-state index is 0.707. The van der Waals surface area contributed by atoms with Crippen LogP contribution in [0.4, 0.5) is 17.1 Å². The fraction of sp³-hybridized carbons (Fsp3) is 0. The summed E-state index contributed by atoms with van der Waals surface area (Å²) in [6.07, 6.45) is 0.951. The second-order valence-electron chi connectivity index (χ2n) is 8.56. The summed E-state index contributed by atoms with van der Waals surface area (Å²) < 4.78 is 1.21. The topological polar surface area (TPSA) is 20.3 Å². The lowest BCUT2D eigenvalue weighted by molar-refractivity contribution is 0.112. The van der Waals surface area contributed by atoms with Gasteiger partial charge in [-0.15, -0.1) is 11.3 Å². The van der Waals surface area contributed by atoms with Crippen molar-refractivity contribution in [2.24, 2.45) is 0 Å². The molecule has 0 aliphatic heterocycles. The zero-order valence-electron chi connectivity index (χ0n) is 19.5. The van der Waals surface area contributed by atoms with E-state index in [0.717, 1.165) is 40.0 Å². The van der Waals surface area contributed by atoms with Gasteiger partial charge in [0.1, 0.15) is 0 Å². The van der Waals surface area contributed by atoms with Gasteiger partial charge in [0.15, 0.2) is 6.29 Å². The molecule has 0 N–H and O–H groups in total. The Kier molecular flexibility index (Phi) is 5.90. The molecule has 0 saturated heterocycles. The molecule has 2 nitrogen and oxygen atoms in total. The quantitative estimate of drug-likeness (QED) is 0.221. The van der Waals surface area contributed by atoms with Crippen molar-refractivity contribution in [2.75, 3.05) is 4.90 Å². The van der Waals surface area contributed by atoms with E-state index in [0.29, 0.717) is 5.56 Å². The highest BCUT2D eigenvalue weighted by atomic mass is 32.1. The number of rotatable bonds is 6. The molecule has 5 aromatic carbocycles. The maximum atomic E-state index is 11.9. The lowest BCUT2D eigenvalue weighted by Gasteiger charge is -2.25. The molecule has 0 fully saturated rings. The summed E-state index contributed by atoms with van der Waals surface area (Å²) in [6.45, 7) is 0. The molecule has 3 heteroatoms. The Hall–Kier alpha value is -4.47. The van der Waals surface area contributed by atoms with E-state index in [2.05, 4.69) is 102 Å². The van der Waals surface area contributed by atoms with Crippen LogP contribution < -0.4 is 4.90 Å². The Morgan fingerprint density at radius 1 is 0.556 bits per heavy atom. The number of para-hydroxylation sites is 2. The van der Waals surface area contributed by atoms with Crippen LogP contribution >= 0.6 is 11.3 Å². The first-order valence-electron chi connectivity index (χ1n) is 11.9. The average Bonchev–Trinajstić information content (AvgIpc) is 3.34. The summed E-state index contributed by atoms with van der Waals surface area (Å²) in [5.74, 6) is 0. The van der Waals surface area contributed by atoms with E-state index in [9.17, 15) is 4.79 Å². The van der Waals surface area contributed by atoms with Gasteiger partial charge in [-0.3, -0.25) is 4.79 Å². The van der Waals surface area contributed by atoms with Gasteiger partial charge in [-0.2, -0.15) is 0 Å². The van der Waals surface area contributed by atoms with Crippen molar-refractivity contribution in [2.45, 2.75) is 0 Å². The first-order chi connectivity index (χ1) is 17.8. The molecular formula is C33H23NOS. The Bertz CT molecular complexity index is 1600. The van der Waals surface area contributed by atoms with Crippen molar-refractivity contribution in [3.63, 3.8) is 0 Å². The van der Waals surface area contributed by atoms with Crippen molar-refractivity contribution < 1.29 is 4.79 Å². The number of carbonyl (C=O) groups excluding carboxylic acids is 1. The van der Waals surface area contributed by atoms with Gasteiger partial charge in [0, 0.05) is 43.2 Å². The highest BCUT2D eigenvalue weighted by Crippen LogP contribution is 2.46. The predicted molar refractivity (Wildman–Crippen MR) is 153 cm³/mol. The first-order valence-corrected chi connectivity index (χ1v) is 12.7. The van der Waals surface area contributed by atoms with E-state index >= 15 is 0 Å². The summed E-state index contributed by atoms with van der Waals surface area (Å²) in [4.78, 5) is 15.3. The van der Waals surface area contributed by atoms with Gasteiger partial charge in [0.05, 0.1) is 0 Å². The monoisotopic (exact) mass is 481 g/mol. The normalized spacial score (nSPS) is 10.9. The highest BCUT2D eigenvalue weighted by Gasteiger charge is 2.18. The lowest BCUT2D eigenvalue weighted by Crippen LogP contribution is -2.09. The summed E-state index contributed by atoms with van der Waals surface area (Å²) in [5.41, 5.74) is 7.24. The molecule has 36 heavy (non-hydrogen) atoms. The molecule has 172 valence electrons. The van der Waals surface area contributed by atoms with Crippen LogP contribution in [0.3, 0.4) is 0 Å². The van der Waals surface area contributed by atoms with Crippen LogP contribution in [-0.2, 0) is 0 Å². The van der Waals surface area contributed by atoms with Gasteiger partial charge in [-0.25, -0.2) is 0 Å². The summed E-state index contributed by atoms with van der Waals surface area (Å²) in [6, 6.07) is 45.8. The van der Waals surface area contributed by atoms with Crippen LogP contribution in [0.15, 0.2) is 133 Å². The maximum absolute atomic E-state index is 11.9. The van der Waals surface area contributed by atoms with Crippen LogP contribution in [0.25, 0.3) is 31.7 Å². The van der Waals surface area contributed by atoms with E-state index in [1.54, 1.807) is 11.3 Å². The van der Waals surface area contributed by atoms with Crippen LogP contribution in [0.5, 0.6) is 0 Å². The van der Waals surface area contributed by atoms with Gasteiger partial charge in [-0.05, 0) is 53.6 Å². The largest absolute Gasteiger partial charge is 0.311 e. The van der Waals surface area contributed by atoms with Crippen LogP contribution in [-0.4, -0.2) is 6.29 Å². The van der Waals surface area contributed by atoms with E-state index in [1.807, 2.05) is 36.4 Å². The third-order valence-corrected chi connectivity index (χ3v) is 7.59. The second-order valence-corrected chi connectivity index (χ2v) is 9.61. The number of hydrogen-bond acceptors (Lipinski definition) is 3. The highest BCUT2D eigenvalue weighted by molar-refractivity contribution is 7.23. The van der Waals surface area contributed by atoms with E-state index < -0.39 is 0 Å². The van der Waals surface area contributed by atoms with E-state index in [1.165, 1.54) is 15.0 Å². The molecule has 0 atom stereocenters. The zero-order chi connectivity index (χ0) is 24.3. The molecule has 1 aromatic heterocycles. The van der Waals surface area contributed by atoms with Crippen molar-refractivity contribution in [1.29, 1.82) is 0 Å². The number of benzene rings is 5. The number of fused-ring (bicyclic) bond motifs is 1. The molecule has 1 heterocycles. The standard InChI is InChI=1S/C33H23NOS/c35-23-25-11-7-8-16-29(25)32-30-17-9-10-18-31(30)36-33(32)24-19-21-28(22-20-24)34(26-12-3-1-4-13-26)27-14-5-2-6-15-27/h1-23H. The number of aldehydes is 1. The zero-order valence-corrected chi connectivity index (χ0v) is 20.4. The van der Waals surface area contributed by atoms with Crippen LogP contribution in [0, 0.1) is 0 Å². The summed E-state index contributed by atoms with van der Waals surface area (Å²) >= 11 is 1.77. The minimum Gasteiger partial charge on any atom is -0.311 e. The Morgan fingerprint density at radius 2 is 1.11 bits per heavy atom. The van der Waals surface area contributed by atoms with E-state index in [4.69, 9.17) is 0 Å². The number of nitrogens with zero attached hydrogens (tertiary/aromatic N) is 1. The van der Waals surface area contributed by atoms with Crippen molar-refractivity contribution >= 4 is 44.8 Å². The van der Waals surface area contributed by atoms with Crippen molar-refractivity contribution in [3.05, 3.63) is 139 Å². The van der Waals surface area contributed by atoms with Gasteiger partial charge < -0.3 is 4.90 Å². The number of thiophene rings is 1. The van der Waals surface area contributed by atoms with Crippen molar-refractivity contribution in [1.82, 2.24) is 0 Å². The Morgan fingerprint density at radius 3 is 1.78 bits per heavy atom. The number of carbonyl (C=O) groups is 1. The predicted octanol–water partition coefficient (Wildman–Crippen LogP) is 9.52. The number of hydrogen-bond donors (Lipinski definition) is 0. The molecule has 6 aromatic rings. The molecule has 0 saturated carbocycles. The molecule has 0 amide bonds. The smallest absolute Gasteiger partial charge is 0.150 e. The lowest BCUT2D eigenvalue weighted by atomic mass is 9.95. The van der Waals surface area contributed by atoms with Crippen LogP contribution in [0.2, 0.25) is 0 Å². The third-order valence-electron chi connectivity index (χ3n) is 6.37. The fourth-order valence-corrected chi connectivity index (χ4v) is 5.93. The molecule has 0 aliphatic carbocycles. The molecule has 0 unspecified atom stereocenters. The van der Waals surface area contributed by atoms with Gasteiger partial charge in [0.2, 0.25) is 0 Å². The van der Waals surface area contributed by atoms with Gasteiger partial charge in [-0.1, -0.05) is 91.0 Å². The Labute approximate surface area is 214 Å². The minimum atomic E-state index is 0.707. The maximum Gasteiger partial charge on any atom is 0.150 e. The second kappa shape index (κ2) is 9.65. The molecule has 6 rings (SSSR count). The Balaban J connectivity index is 1.49. The molecule has 0 bridgehead atoms.